The van der Waals surface area contributed by atoms with Crippen LogP contribution in [0.15, 0.2) is 24.3 Å². The van der Waals surface area contributed by atoms with E-state index in [2.05, 4.69) is 10.2 Å². The Morgan fingerprint density at radius 2 is 1.86 bits per heavy atom. The van der Waals surface area contributed by atoms with Crippen molar-refractivity contribution in [1.29, 1.82) is 0 Å². The molecule has 0 aliphatic heterocycles. The van der Waals surface area contributed by atoms with Gasteiger partial charge in [-0.15, -0.1) is 15.0 Å². The minimum Gasteiger partial charge on any atom is -0.476 e. The average Bonchev–Trinajstić information content (AvgIpc) is 2.93. The minimum absolute atomic E-state index is 0.00962. The van der Waals surface area contributed by atoms with Crippen molar-refractivity contribution in [2.45, 2.75) is 27.2 Å². The molecule has 1 heterocycles. The molecule has 1 aromatic carbocycles. The molecule has 0 unspecified atom stereocenters. The van der Waals surface area contributed by atoms with Crippen molar-refractivity contribution >= 4 is 11.8 Å². The summed E-state index contributed by atoms with van der Waals surface area (Å²) in [6, 6.07) is 7.75. The van der Waals surface area contributed by atoms with Gasteiger partial charge >= 0.3 is 5.97 Å². The molecule has 0 saturated carbocycles. The van der Waals surface area contributed by atoms with Crippen LogP contribution in [-0.2, 0) is 6.42 Å². The summed E-state index contributed by atoms with van der Waals surface area (Å²) in [6.07, 6.45) is 0.834. The van der Waals surface area contributed by atoms with Crippen molar-refractivity contribution in [2.75, 3.05) is 18.0 Å². The molecule has 21 heavy (non-hydrogen) atoms. The quantitative estimate of drug-likeness (QED) is 0.883. The fraction of sp³-hybridized carbons (Fsp3) is 0.400. The molecule has 2 aromatic rings. The Bertz CT molecular complexity index is 632. The van der Waals surface area contributed by atoms with Crippen molar-refractivity contribution in [1.82, 2.24) is 15.0 Å². The molecule has 1 N–H and O–H groups in total. The maximum atomic E-state index is 11.4. The van der Waals surface area contributed by atoms with E-state index >= 15 is 0 Å². The Hall–Kier alpha value is -2.37. The van der Waals surface area contributed by atoms with Crippen molar-refractivity contribution in [3.8, 4) is 5.69 Å². The highest BCUT2D eigenvalue weighted by Crippen LogP contribution is 2.20. The van der Waals surface area contributed by atoms with Gasteiger partial charge in [-0.1, -0.05) is 25.1 Å². The molecule has 0 radical (unpaired) electrons. The zero-order valence-corrected chi connectivity index (χ0v) is 12.6. The number of para-hydroxylation sites is 1. The van der Waals surface area contributed by atoms with E-state index in [1.807, 2.05) is 49.9 Å². The van der Waals surface area contributed by atoms with Crippen LogP contribution in [0, 0.1) is 0 Å². The van der Waals surface area contributed by atoms with Gasteiger partial charge in [0.15, 0.2) is 5.82 Å². The average molecular weight is 288 g/mol. The molecule has 6 nitrogen and oxygen atoms in total. The number of carboxylic acids is 1. The van der Waals surface area contributed by atoms with Crippen LogP contribution in [0.4, 0.5) is 5.82 Å². The predicted octanol–water partition coefficient (Wildman–Crippen LogP) is 2.37. The second-order valence-corrected chi connectivity index (χ2v) is 4.62. The summed E-state index contributed by atoms with van der Waals surface area (Å²) >= 11 is 0. The SMILES string of the molecule is CCc1ccccc1-n1nc(C(=O)O)c(N(CC)CC)n1. The summed E-state index contributed by atoms with van der Waals surface area (Å²) in [5.41, 5.74) is 1.89. The number of nitrogens with zero attached hydrogens (tertiary/aromatic N) is 4. The van der Waals surface area contributed by atoms with Gasteiger partial charge in [-0.2, -0.15) is 0 Å². The maximum absolute atomic E-state index is 11.4. The number of aryl methyl sites for hydroxylation is 1. The van der Waals surface area contributed by atoms with Gasteiger partial charge < -0.3 is 10.0 Å². The van der Waals surface area contributed by atoms with Gasteiger partial charge in [-0.05, 0) is 31.9 Å². The highest BCUT2D eigenvalue weighted by Gasteiger charge is 2.22. The third-order valence-corrected chi connectivity index (χ3v) is 3.45. The molecule has 6 heteroatoms. The number of aromatic carboxylic acids is 1. The Morgan fingerprint density at radius 3 is 2.43 bits per heavy atom. The van der Waals surface area contributed by atoms with Crippen LogP contribution in [0.3, 0.4) is 0 Å². The number of hydrogen-bond donors (Lipinski definition) is 1. The first kappa shape index (κ1) is 15.0. The number of carbonyl (C=O) groups is 1. The molecular formula is C15H20N4O2. The zero-order chi connectivity index (χ0) is 15.4. The smallest absolute Gasteiger partial charge is 0.360 e. The van der Waals surface area contributed by atoms with Gasteiger partial charge in [0.2, 0.25) is 5.69 Å². The van der Waals surface area contributed by atoms with Gasteiger partial charge in [0.25, 0.3) is 0 Å². The molecule has 2 rings (SSSR count). The molecule has 0 amide bonds. The summed E-state index contributed by atoms with van der Waals surface area (Å²) in [5.74, 6) is -0.643. The number of carboxylic acid groups (broad SMARTS) is 1. The lowest BCUT2D eigenvalue weighted by atomic mass is 10.1. The van der Waals surface area contributed by atoms with Crippen molar-refractivity contribution in [2.24, 2.45) is 0 Å². The maximum Gasteiger partial charge on any atom is 0.360 e. The van der Waals surface area contributed by atoms with E-state index in [0.29, 0.717) is 18.9 Å². The Labute approximate surface area is 124 Å². The highest BCUT2D eigenvalue weighted by molar-refractivity contribution is 5.91. The lowest BCUT2D eigenvalue weighted by Gasteiger charge is -2.17. The summed E-state index contributed by atoms with van der Waals surface area (Å²) in [7, 11) is 0. The van der Waals surface area contributed by atoms with E-state index < -0.39 is 5.97 Å². The summed E-state index contributed by atoms with van der Waals surface area (Å²) in [4.78, 5) is 14.7. The van der Waals surface area contributed by atoms with Crippen LogP contribution >= 0.6 is 0 Å². The first-order chi connectivity index (χ1) is 10.1. The summed E-state index contributed by atoms with van der Waals surface area (Å²) in [5, 5.41) is 17.9. The Morgan fingerprint density at radius 1 is 1.19 bits per heavy atom. The molecule has 0 aliphatic rings. The van der Waals surface area contributed by atoms with Crippen molar-refractivity contribution in [3.05, 3.63) is 35.5 Å². The first-order valence-electron chi connectivity index (χ1n) is 7.16. The largest absolute Gasteiger partial charge is 0.476 e. The van der Waals surface area contributed by atoms with Crippen LogP contribution in [-0.4, -0.2) is 39.2 Å². The van der Waals surface area contributed by atoms with Crippen LogP contribution in [0.2, 0.25) is 0 Å². The number of aromatic nitrogens is 3. The van der Waals surface area contributed by atoms with Gasteiger partial charge in [0, 0.05) is 13.1 Å². The van der Waals surface area contributed by atoms with E-state index in [1.165, 1.54) is 4.80 Å². The second-order valence-electron chi connectivity index (χ2n) is 4.62. The molecule has 0 fully saturated rings. The van der Waals surface area contributed by atoms with Crippen LogP contribution in [0.1, 0.15) is 36.8 Å². The van der Waals surface area contributed by atoms with Crippen LogP contribution < -0.4 is 4.90 Å². The molecule has 1 aromatic heterocycles. The zero-order valence-electron chi connectivity index (χ0n) is 12.6. The Kier molecular flexibility index (Phi) is 4.57. The minimum atomic E-state index is -1.06. The Balaban J connectivity index is 2.56. The van der Waals surface area contributed by atoms with Crippen LogP contribution in [0.5, 0.6) is 0 Å². The number of anilines is 1. The highest BCUT2D eigenvalue weighted by atomic mass is 16.4. The second kappa shape index (κ2) is 6.39. The molecule has 0 aliphatic carbocycles. The molecule has 0 spiro atoms. The topological polar surface area (TPSA) is 71.2 Å². The fourth-order valence-electron chi connectivity index (χ4n) is 2.29. The fourth-order valence-corrected chi connectivity index (χ4v) is 2.29. The number of benzene rings is 1. The number of rotatable bonds is 6. The van der Waals surface area contributed by atoms with Gasteiger partial charge in [-0.3, -0.25) is 0 Å². The third kappa shape index (κ3) is 2.89. The van der Waals surface area contributed by atoms with E-state index in [4.69, 9.17) is 0 Å². The van der Waals surface area contributed by atoms with Gasteiger partial charge in [-0.25, -0.2) is 4.79 Å². The molecule has 112 valence electrons. The third-order valence-electron chi connectivity index (χ3n) is 3.45. The van der Waals surface area contributed by atoms with E-state index in [0.717, 1.165) is 17.7 Å². The van der Waals surface area contributed by atoms with E-state index in [1.54, 1.807) is 0 Å². The van der Waals surface area contributed by atoms with Crippen molar-refractivity contribution < 1.29 is 9.90 Å². The lowest BCUT2D eigenvalue weighted by molar-refractivity contribution is 0.0690. The van der Waals surface area contributed by atoms with Gasteiger partial charge in [0.05, 0.1) is 5.69 Å². The predicted molar refractivity (Wildman–Crippen MR) is 81.3 cm³/mol. The van der Waals surface area contributed by atoms with Crippen molar-refractivity contribution in [3.63, 3.8) is 0 Å². The first-order valence-corrected chi connectivity index (χ1v) is 7.16. The number of hydrogen-bond acceptors (Lipinski definition) is 4. The van der Waals surface area contributed by atoms with E-state index in [9.17, 15) is 9.90 Å². The molecule has 0 bridgehead atoms. The van der Waals surface area contributed by atoms with Crippen LogP contribution in [0.25, 0.3) is 5.69 Å². The monoisotopic (exact) mass is 288 g/mol. The standard InChI is InChI=1S/C15H20N4O2/c1-4-11-9-7-8-10-12(11)19-16-13(15(20)21)14(17-19)18(5-2)6-3/h7-10H,4-6H2,1-3H3,(H,20,21). The normalized spacial score (nSPS) is 10.6. The molecule has 0 atom stereocenters. The van der Waals surface area contributed by atoms with Gasteiger partial charge in [0.1, 0.15) is 0 Å². The molecule has 0 saturated heterocycles. The molecular weight excluding hydrogens is 268 g/mol. The summed E-state index contributed by atoms with van der Waals surface area (Å²) < 4.78 is 0. The lowest BCUT2D eigenvalue weighted by Crippen LogP contribution is -2.24. The van der Waals surface area contributed by atoms with E-state index in [-0.39, 0.29) is 5.69 Å². The summed E-state index contributed by atoms with van der Waals surface area (Å²) in [6.45, 7) is 7.35.